The number of anilines is 2. The van der Waals surface area contributed by atoms with Gasteiger partial charge < -0.3 is 11.1 Å². The van der Waals surface area contributed by atoms with Crippen LogP contribution in [0.3, 0.4) is 0 Å². The number of hydrogen-bond acceptors (Lipinski definition) is 6. The van der Waals surface area contributed by atoms with E-state index in [0.717, 1.165) is 5.69 Å². The van der Waals surface area contributed by atoms with Crippen LogP contribution in [0.5, 0.6) is 0 Å². The lowest BCUT2D eigenvalue weighted by Crippen LogP contribution is -2.07. The number of nitrogen functional groups attached to an aromatic ring is 1. The topological polar surface area (TPSA) is 94.1 Å². The van der Waals surface area contributed by atoms with Crippen LogP contribution in [0.1, 0.15) is 5.69 Å². The monoisotopic (exact) mass is 298 g/mol. The maximum absolute atomic E-state index is 10.9. The second-order valence-electron chi connectivity index (χ2n) is 3.77. The van der Waals surface area contributed by atoms with E-state index in [4.69, 9.17) is 17.3 Å². The first-order valence-corrected chi connectivity index (χ1v) is 6.69. The molecule has 0 bridgehead atoms. The van der Waals surface area contributed by atoms with Crippen molar-refractivity contribution in [2.75, 3.05) is 17.6 Å². The van der Waals surface area contributed by atoms with Crippen LogP contribution >= 0.6 is 22.9 Å². The number of aromatic nitrogens is 1. The van der Waals surface area contributed by atoms with E-state index in [1.807, 2.05) is 5.38 Å². The highest BCUT2D eigenvalue weighted by atomic mass is 35.5. The van der Waals surface area contributed by atoms with E-state index in [1.165, 1.54) is 17.4 Å². The van der Waals surface area contributed by atoms with Crippen molar-refractivity contribution in [1.82, 2.24) is 4.98 Å². The molecule has 0 amide bonds. The number of hydrogen-bond donors (Lipinski definition) is 2. The first-order chi connectivity index (χ1) is 9.06. The maximum Gasteiger partial charge on any atom is 0.293 e. The molecular weight excluding hydrogens is 288 g/mol. The quantitative estimate of drug-likeness (QED) is 0.654. The second-order valence-corrected chi connectivity index (χ2v) is 5.10. The van der Waals surface area contributed by atoms with Gasteiger partial charge in [0.1, 0.15) is 5.69 Å². The molecule has 1 aromatic heterocycles. The molecule has 8 heteroatoms. The summed E-state index contributed by atoms with van der Waals surface area (Å²) in [6.07, 6.45) is 0.646. The van der Waals surface area contributed by atoms with Gasteiger partial charge >= 0.3 is 0 Å². The van der Waals surface area contributed by atoms with Crippen LogP contribution in [-0.4, -0.2) is 16.5 Å². The van der Waals surface area contributed by atoms with Gasteiger partial charge in [0.15, 0.2) is 5.13 Å². The summed E-state index contributed by atoms with van der Waals surface area (Å²) in [6.45, 7) is 0.533. The van der Waals surface area contributed by atoms with E-state index in [-0.39, 0.29) is 5.69 Å². The van der Waals surface area contributed by atoms with Gasteiger partial charge in [-0.25, -0.2) is 4.98 Å². The van der Waals surface area contributed by atoms with Crippen molar-refractivity contribution >= 4 is 39.4 Å². The molecule has 0 saturated carbocycles. The number of nitro benzene ring substituents is 1. The van der Waals surface area contributed by atoms with Gasteiger partial charge in [0, 0.05) is 29.4 Å². The Hall–Kier alpha value is -1.86. The molecule has 1 heterocycles. The molecule has 0 radical (unpaired) electrons. The first-order valence-electron chi connectivity index (χ1n) is 5.44. The van der Waals surface area contributed by atoms with Gasteiger partial charge in [-0.2, -0.15) is 0 Å². The van der Waals surface area contributed by atoms with Crippen LogP contribution in [0, 0.1) is 10.1 Å². The van der Waals surface area contributed by atoms with Crippen LogP contribution in [0.2, 0.25) is 5.02 Å². The number of nitro groups is 1. The smallest absolute Gasteiger partial charge is 0.293 e. The Morgan fingerprint density at radius 2 is 2.32 bits per heavy atom. The molecule has 0 aliphatic heterocycles. The summed E-state index contributed by atoms with van der Waals surface area (Å²) in [4.78, 5) is 14.5. The van der Waals surface area contributed by atoms with Gasteiger partial charge in [0.2, 0.25) is 0 Å². The van der Waals surface area contributed by atoms with Gasteiger partial charge in [0.05, 0.1) is 10.6 Å². The summed E-state index contributed by atoms with van der Waals surface area (Å²) in [5.41, 5.74) is 6.80. The Labute approximate surface area is 118 Å². The average Bonchev–Trinajstić information content (AvgIpc) is 2.77. The van der Waals surface area contributed by atoms with Crippen molar-refractivity contribution in [3.8, 4) is 0 Å². The lowest BCUT2D eigenvalue weighted by atomic mass is 10.2. The molecule has 0 spiro atoms. The summed E-state index contributed by atoms with van der Waals surface area (Å²) in [5.74, 6) is 0. The lowest BCUT2D eigenvalue weighted by molar-refractivity contribution is -0.383. The number of nitrogens with zero attached hydrogens (tertiary/aromatic N) is 2. The fraction of sp³-hybridized carbons (Fsp3) is 0.182. The van der Waals surface area contributed by atoms with Gasteiger partial charge in [-0.15, -0.1) is 11.3 Å². The van der Waals surface area contributed by atoms with E-state index in [0.29, 0.717) is 28.8 Å². The van der Waals surface area contributed by atoms with E-state index in [1.54, 1.807) is 12.1 Å². The summed E-state index contributed by atoms with van der Waals surface area (Å²) in [6, 6.07) is 4.53. The summed E-state index contributed by atoms with van der Waals surface area (Å²) in [5, 5.41) is 16.6. The number of benzene rings is 1. The second kappa shape index (κ2) is 5.85. The van der Waals surface area contributed by atoms with Crippen LogP contribution in [0.15, 0.2) is 23.6 Å². The zero-order valence-corrected chi connectivity index (χ0v) is 11.4. The Morgan fingerprint density at radius 1 is 1.53 bits per heavy atom. The zero-order valence-electron chi connectivity index (χ0n) is 9.80. The summed E-state index contributed by atoms with van der Waals surface area (Å²) in [7, 11) is 0. The van der Waals surface area contributed by atoms with Crippen molar-refractivity contribution < 1.29 is 4.92 Å². The fourth-order valence-corrected chi connectivity index (χ4v) is 2.33. The molecule has 6 nitrogen and oxygen atoms in total. The molecule has 0 aliphatic rings. The normalized spacial score (nSPS) is 10.4. The third-order valence-corrected chi connectivity index (χ3v) is 3.38. The van der Waals surface area contributed by atoms with Crippen LogP contribution in [-0.2, 0) is 6.42 Å². The highest BCUT2D eigenvalue weighted by Crippen LogP contribution is 2.27. The average molecular weight is 299 g/mol. The molecule has 2 rings (SSSR count). The minimum atomic E-state index is -0.463. The number of rotatable bonds is 5. The fourth-order valence-electron chi connectivity index (χ4n) is 1.57. The van der Waals surface area contributed by atoms with Crippen molar-refractivity contribution in [1.29, 1.82) is 0 Å². The molecule has 19 heavy (non-hydrogen) atoms. The Morgan fingerprint density at radius 3 is 2.95 bits per heavy atom. The molecule has 0 fully saturated rings. The van der Waals surface area contributed by atoms with Crippen molar-refractivity contribution in [3.05, 3.63) is 44.4 Å². The van der Waals surface area contributed by atoms with Crippen molar-refractivity contribution in [2.45, 2.75) is 6.42 Å². The van der Waals surface area contributed by atoms with Crippen molar-refractivity contribution in [3.63, 3.8) is 0 Å². The van der Waals surface area contributed by atoms with Crippen LogP contribution in [0.4, 0.5) is 16.5 Å². The van der Waals surface area contributed by atoms with Gasteiger partial charge in [-0.05, 0) is 12.1 Å². The number of nitrogens with two attached hydrogens (primary N) is 1. The largest absolute Gasteiger partial charge is 0.379 e. The Kier molecular flexibility index (Phi) is 4.18. The summed E-state index contributed by atoms with van der Waals surface area (Å²) < 4.78 is 0. The van der Waals surface area contributed by atoms with Gasteiger partial charge in [0.25, 0.3) is 5.69 Å². The number of halogens is 1. The van der Waals surface area contributed by atoms with Gasteiger partial charge in [-0.3, -0.25) is 10.1 Å². The molecule has 3 N–H and O–H groups in total. The number of nitrogens with one attached hydrogen (secondary N) is 1. The predicted molar refractivity (Wildman–Crippen MR) is 76.8 cm³/mol. The first kappa shape index (κ1) is 13.6. The SMILES string of the molecule is Nc1nc(CCNc2ccc(Cl)cc2[N+](=O)[O-])cs1. The van der Waals surface area contributed by atoms with Crippen LogP contribution in [0.25, 0.3) is 0 Å². The molecule has 0 saturated heterocycles. The Balaban J connectivity index is 2.01. The Bertz CT molecular complexity index is 602. The van der Waals surface area contributed by atoms with Crippen LogP contribution < -0.4 is 11.1 Å². The van der Waals surface area contributed by atoms with Gasteiger partial charge in [-0.1, -0.05) is 11.6 Å². The van der Waals surface area contributed by atoms with E-state index in [9.17, 15) is 10.1 Å². The summed E-state index contributed by atoms with van der Waals surface area (Å²) >= 11 is 7.11. The molecule has 0 aliphatic carbocycles. The van der Waals surface area contributed by atoms with Crippen molar-refractivity contribution in [2.24, 2.45) is 0 Å². The third-order valence-electron chi connectivity index (χ3n) is 2.42. The van der Waals surface area contributed by atoms with E-state index >= 15 is 0 Å². The molecule has 2 aromatic rings. The third kappa shape index (κ3) is 3.55. The maximum atomic E-state index is 10.9. The van der Waals surface area contributed by atoms with E-state index < -0.39 is 4.92 Å². The standard InChI is InChI=1S/C11H11ClN4O2S/c12-7-1-2-9(10(5-7)16(17)18)14-4-3-8-6-19-11(13)15-8/h1-2,5-6,14H,3-4H2,(H2,13,15). The highest BCUT2D eigenvalue weighted by Gasteiger charge is 2.13. The molecule has 100 valence electrons. The minimum absolute atomic E-state index is 0.0368. The predicted octanol–water partition coefficient (Wildman–Crippen LogP) is 2.94. The zero-order chi connectivity index (χ0) is 13.8. The molecule has 1 aromatic carbocycles. The van der Waals surface area contributed by atoms with E-state index in [2.05, 4.69) is 10.3 Å². The number of thiazole rings is 1. The molecule has 0 atom stereocenters. The molecular formula is C11H11ClN4O2S. The highest BCUT2D eigenvalue weighted by molar-refractivity contribution is 7.13. The minimum Gasteiger partial charge on any atom is -0.379 e. The lowest BCUT2D eigenvalue weighted by Gasteiger charge is -2.06. The molecule has 0 unspecified atom stereocenters.